The van der Waals surface area contributed by atoms with E-state index in [1.807, 2.05) is 6.07 Å². The van der Waals surface area contributed by atoms with Crippen molar-refractivity contribution >= 4 is 12.2 Å². The number of nitrogens with zero attached hydrogens (tertiary/aromatic N) is 1. The molecule has 0 saturated heterocycles. The fourth-order valence-electron chi connectivity index (χ4n) is 0.936. The van der Waals surface area contributed by atoms with Crippen LogP contribution in [0.5, 0.6) is 0 Å². The first-order chi connectivity index (χ1) is 5.61. The van der Waals surface area contributed by atoms with Crippen molar-refractivity contribution in [2.45, 2.75) is 19.9 Å². The van der Waals surface area contributed by atoms with Crippen molar-refractivity contribution in [1.82, 2.24) is 9.97 Å². The van der Waals surface area contributed by atoms with Crippen molar-refractivity contribution in [3.63, 3.8) is 0 Å². The molecule has 0 amide bonds. The van der Waals surface area contributed by atoms with Gasteiger partial charge in [-0.05, 0) is 24.2 Å². The molecule has 0 bridgehead atoms. The Morgan fingerprint density at radius 1 is 1.58 bits per heavy atom. The molecule has 3 nitrogen and oxygen atoms in total. The fourth-order valence-corrected chi connectivity index (χ4v) is 1.11. The number of hydrogen-bond donors (Lipinski definition) is 2. The van der Waals surface area contributed by atoms with E-state index in [1.54, 1.807) is 6.20 Å². The van der Waals surface area contributed by atoms with E-state index in [-0.39, 0.29) is 6.04 Å². The molecule has 1 unspecified atom stereocenters. The van der Waals surface area contributed by atoms with Gasteiger partial charge in [-0.2, -0.15) is 0 Å². The van der Waals surface area contributed by atoms with Crippen LogP contribution in [0.15, 0.2) is 12.3 Å². The lowest BCUT2D eigenvalue weighted by molar-refractivity contribution is 0.501. The Balaban J connectivity index is 2.95. The standard InChI is InChI=1S/C8H13N3S/c1-5(2)7(9)6-3-4-10-8(12)11-6/h3-5,7H,9H2,1-2H3,(H,10,11,12). The first-order valence-electron chi connectivity index (χ1n) is 3.92. The van der Waals surface area contributed by atoms with Crippen LogP contribution in [0.25, 0.3) is 0 Å². The van der Waals surface area contributed by atoms with Crippen LogP contribution in [-0.2, 0) is 0 Å². The molecule has 4 heteroatoms. The molecule has 66 valence electrons. The van der Waals surface area contributed by atoms with E-state index in [1.165, 1.54) is 0 Å². The molecule has 3 N–H and O–H groups in total. The lowest BCUT2D eigenvalue weighted by Gasteiger charge is -2.14. The molecule has 1 rings (SSSR count). The van der Waals surface area contributed by atoms with Crippen LogP contribution >= 0.6 is 12.2 Å². The average molecular weight is 183 g/mol. The molecular weight excluding hydrogens is 170 g/mol. The highest BCUT2D eigenvalue weighted by Gasteiger charge is 2.09. The fraction of sp³-hybridized carbons (Fsp3) is 0.500. The Morgan fingerprint density at radius 2 is 2.25 bits per heavy atom. The Kier molecular flexibility index (Phi) is 2.94. The summed E-state index contributed by atoms with van der Waals surface area (Å²) in [6.45, 7) is 4.14. The number of aromatic amines is 1. The van der Waals surface area contributed by atoms with Gasteiger partial charge in [0.15, 0.2) is 4.77 Å². The van der Waals surface area contributed by atoms with E-state index in [2.05, 4.69) is 23.8 Å². The predicted molar refractivity (Wildman–Crippen MR) is 51.2 cm³/mol. The second-order valence-corrected chi connectivity index (χ2v) is 3.49. The van der Waals surface area contributed by atoms with Gasteiger partial charge in [-0.25, -0.2) is 4.98 Å². The molecule has 0 spiro atoms. The third kappa shape index (κ3) is 2.12. The highest BCUT2D eigenvalue weighted by Crippen LogP contribution is 2.15. The van der Waals surface area contributed by atoms with Crippen molar-refractivity contribution in [2.75, 3.05) is 0 Å². The zero-order chi connectivity index (χ0) is 9.14. The van der Waals surface area contributed by atoms with Gasteiger partial charge in [-0.15, -0.1) is 0 Å². The van der Waals surface area contributed by atoms with E-state index < -0.39 is 0 Å². The van der Waals surface area contributed by atoms with Crippen LogP contribution in [0.3, 0.4) is 0 Å². The van der Waals surface area contributed by atoms with Gasteiger partial charge in [0.2, 0.25) is 0 Å². The quantitative estimate of drug-likeness (QED) is 0.687. The van der Waals surface area contributed by atoms with Crippen molar-refractivity contribution in [3.8, 4) is 0 Å². The number of hydrogen-bond acceptors (Lipinski definition) is 3. The van der Waals surface area contributed by atoms with Crippen LogP contribution in [0, 0.1) is 10.7 Å². The van der Waals surface area contributed by atoms with Crippen molar-refractivity contribution in [2.24, 2.45) is 11.7 Å². The van der Waals surface area contributed by atoms with Crippen LogP contribution in [0.1, 0.15) is 25.6 Å². The Bertz CT molecular complexity index is 305. The molecule has 0 saturated carbocycles. The lowest BCUT2D eigenvalue weighted by atomic mass is 10.0. The molecule has 0 radical (unpaired) electrons. The molecule has 0 aliphatic rings. The average Bonchev–Trinajstić information content (AvgIpc) is 2.03. The summed E-state index contributed by atoms with van der Waals surface area (Å²) >= 11 is 4.88. The third-order valence-corrected chi connectivity index (χ3v) is 1.98. The minimum atomic E-state index is 0.00898. The van der Waals surface area contributed by atoms with Gasteiger partial charge in [-0.3, -0.25) is 0 Å². The second kappa shape index (κ2) is 3.78. The summed E-state index contributed by atoms with van der Waals surface area (Å²) in [5, 5.41) is 0. The molecular formula is C8H13N3S. The number of rotatable bonds is 2. The van der Waals surface area contributed by atoms with Gasteiger partial charge < -0.3 is 10.7 Å². The number of H-pyrrole nitrogens is 1. The van der Waals surface area contributed by atoms with Gasteiger partial charge in [0.25, 0.3) is 0 Å². The van der Waals surface area contributed by atoms with Crippen molar-refractivity contribution in [3.05, 3.63) is 22.7 Å². The molecule has 0 aliphatic heterocycles. The maximum Gasteiger partial charge on any atom is 0.196 e. The molecule has 12 heavy (non-hydrogen) atoms. The summed E-state index contributed by atoms with van der Waals surface area (Å²) < 4.78 is 0.489. The Morgan fingerprint density at radius 3 is 2.75 bits per heavy atom. The molecule has 1 heterocycles. The van der Waals surface area contributed by atoms with E-state index >= 15 is 0 Å². The maximum atomic E-state index is 5.90. The van der Waals surface area contributed by atoms with Crippen molar-refractivity contribution in [1.29, 1.82) is 0 Å². The Hall–Kier alpha value is -0.740. The summed E-state index contributed by atoms with van der Waals surface area (Å²) in [6.07, 6.45) is 1.68. The van der Waals surface area contributed by atoms with Gasteiger partial charge >= 0.3 is 0 Å². The first-order valence-corrected chi connectivity index (χ1v) is 4.33. The van der Waals surface area contributed by atoms with Gasteiger partial charge in [-0.1, -0.05) is 13.8 Å². The predicted octanol–water partition coefficient (Wildman–Crippen LogP) is 1.79. The number of aromatic nitrogens is 2. The summed E-state index contributed by atoms with van der Waals surface area (Å²) in [4.78, 5) is 6.85. The van der Waals surface area contributed by atoms with Crippen molar-refractivity contribution < 1.29 is 0 Å². The van der Waals surface area contributed by atoms with Gasteiger partial charge in [0, 0.05) is 17.9 Å². The van der Waals surface area contributed by atoms with Crippen LogP contribution < -0.4 is 5.73 Å². The zero-order valence-corrected chi connectivity index (χ0v) is 8.06. The zero-order valence-electron chi connectivity index (χ0n) is 7.24. The first kappa shape index (κ1) is 9.35. The number of nitrogens with one attached hydrogen (secondary N) is 1. The summed E-state index contributed by atoms with van der Waals surface area (Å²) in [7, 11) is 0. The molecule has 1 aromatic heterocycles. The molecule has 1 atom stereocenters. The van der Waals surface area contributed by atoms with Crippen LogP contribution in [0.4, 0.5) is 0 Å². The van der Waals surface area contributed by atoms with E-state index in [9.17, 15) is 0 Å². The summed E-state index contributed by atoms with van der Waals surface area (Å²) in [6, 6.07) is 1.87. The second-order valence-electron chi connectivity index (χ2n) is 3.10. The minimum absolute atomic E-state index is 0.00898. The maximum absolute atomic E-state index is 5.90. The summed E-state index contributed by atoms with van der Waals surface area (Å²) in [5.41, 5.74) is 6.85. The minimum Gasteiger partial charge on any atom is -0.333 e. The monoisotopic (exact) mass is 183 g/mol. The van der Waals surface area contributed by atoms with Crippen LogP contribution in [-0.4, -0.2) is 9.97 Å². The number of nitrogens with two attached hydrogens (primary N) is 1. The molecule has 0 fully saturated rings. The lowest BCUT2D eigenvalue weighted by Crippen LogP contribution is -2.18. The van der Waals surface area contributed by atoms with Gasteiger partial charge in [0.1, 0.15) is 0 Å². The van der Waals surface area contributed by atoms with Gasteiger partial charge in [0.05, 0.1) is 0 Å². The summed E-state index contributed by atoms with van der Waals surface area (Å²) in [5.74, 6) is 0.401. The van der Waals surface area contributed by atoms with E-state index in [0.29, 0.717) is 10.7 Å². The normalized spacial score (nSPS) is 13.3. The third-order valence-electron chi connectivity index (χ3n) is 1.77. The highest BCUT2D eigenvalue weighted by molar-refractivity contribution is 7.71. The van der Waals surface area contributed by atoms with E-state index in [4.69, 9.17) is 18.0 Å². The highest BCUT2D eigenvalue weighted by atomic mass is 32.1. The molecule has 0 aromatic carbocycles. The Labute approximate surface area is 77.0 Å². The molecule has 1 aromatic rings. The SMILES string of the molecule is CC(C)C(N)c1ccnc(=S)[nH]1. The topological polar surface area (TPSA) is 54.7 Å². The van der Waals surface area contributed by atoms with Crippen LogP contribution in [0.2, 0.25) is 0 Å². The van der Waals surface area contributed by atoms with E-state index in [0.717, 1.165) is 5.69 Å². The largest absolute Gasteiger partial charge is 0.333 e. The molecule has 0 aliphatic carbocycles. The smallest absolute Gasteiger partial charge is 0.196 e.